The molecule has 0 bridgehead atoms. The molecule has 0 aliphatic heterocycles. The number of hydrogen-bond acceptors (Lipinski definition) is 3. The third-order valence-electron chi connectivity index (χ3n) is 3.53. The van der Waals surface area contributed by atoms with Crippen molar-refractivity contribution in [2.75, 3.05) is 5.32 Å². The van der Waals surface area contributed by atoms with Gasteiger partial charge in [0.05, 0.1) is 23.8 Å². The van der Waals surface area contributed by atoms with Crippen LogP contribution in [0.15, 0.2) is 48.9 Å². The second-order valence-electron chi connectivity index (χ2n) is 5.24. The van der Waals surface area contributed by atoms with Crippen LogP contribution in [0, 0.1) is 5.82 Å². The Morgan fingerprint density at radius 1 is 1.26 bits per heavy atom. The van der Waals surface area contributed by atoms with Gasteiger partial charge in [-0.3, -0.25) is 9.89 Å². The number of nitrogens with one attached hydrogen (secondary N) is 2. The molecule has 1 amide bonds. The number of H-pyrrole nitrogens is 1. The summed E-state index contributed by atoms with van der Waals surface area (Å²) in [5, 5.41) is 10.6. The monoisotopic (exact) mass is 309 g/mol. The van der Waals surface area contributed by atoms with E-state index in [1.54, 1.807) is 22.9 Å². The molecular formula is C16H12FN5O. The fourth-order valence-corrected chi connectivity index (χ4v) is 2.49. The summed E-state index contributed by atoms with van der Waals surface area (Å²) in [6, 6.07) is 8.42. The standard InChI is InChI=1S/C16H12FN5O/c17-11-2-4-15-19-13(9-22(15)8-11)6-16(23)20-12-3-1-10-7-18-21-14(10)5-12/h1-5,7-9H,6H2,(H,18,21)(H,20,23). The highest BCUT2D eigenvalue weighted by molar-refractivity contribution is 5.94. The van der Waals surface area contributed by atoms with Crippen LogP contribution in [-0.2, 0) is 11.2 Å². The highest BCUT2D eigenvalue weighted by Crippen LogP contribution is 2.17. The minimum Gasteiger partial charge on any atom is -0.326 e. The van der Waals surface area contributed by atoms with Crippen LogP contribution in [0.3, 0.4) is 0 Å². The molecule has 0 fully saturated rings. The van der Waals surface area contributed by atoms with Crippen LogP contribution >= 0.6 is 0 Å². The van der Waals surface area contributed by atoms with Crippen molar-refractivity contribution in [2.24, 2.45) is 0 Å². The van der Waals surface area contributed by atoms with Gasteiger partial charge in [-0.15, -0.1) is 0 Å². The zero-order chi connectivity index (χ0) is 15.8. The number of fused-ring (bicyclic) bond motifs is 2. The Morgan fingerprint density at radius 3 is 3.09 bits per heavy atom. The molecule has 23 heavy (non-hydrogen) atoms. The molecule has 4 aromatic rings. The Bertz CT molecular complexity index is 1020. The predicted octanol–water partition coefficient (Wildman–Crippen LogP) is 2.53. The normalized spacial score (nSPS) is 11.2. The van der Waals surface area contributed by atoms with E-state index in [2.05, 4.69) is 20.5 Å². The SMILES string of the molecule is O=C(Cc1cn2cc(F)ccc2n1)Nc1ccc2cn[nH]c2c1. The van der Waals surface area contributed by atoms with E-state index in [9.17, 15) is 9.18 Å². The third kappa shape index (κ3) is 2.64. The molecule has 1 aromatic carbocycles. The molecule has 2 N–H and O–H groups in total. The molecule has 114 valence electrons. The molecule has 0 saturated heterocycles. The molecule has 4 rings (SSSR count). The molecule has 0 saturated carbocycles. The van der Waals surface area contributed by atoms with Gasteiger partial charge in [-0.1, -0.05) is 0 Å². The van der Waals surface area contributed by atoms with Gasteiger partial charge in [0.2, 0.25) is 5.91 Å². The van der Waals surface area contributed by atoms with Gasteiger partial charge >= 0.3 is 0 Å². The van der Waals surface area contributed by atoms with E-state index >= 15 is 0 Å². The van der Waals surface area contributed by atoms with Gasteiger partial charge in [-0.25, -0.2) is 9.37 Å². The van der Waals surface area contributed by atoms with Crippen LogP contribution in [0.2, 0.25) is 0 Å². The quantitative estimate of drug-likeness (QED) is 0.610. The highest BCUT2D eigenvalue weighted by atomic mass is 19.1. The molecule has 0 spiro atoms. The third-order valence-corrected chi connectivity index (χ3v) is 3.53. The second kappa shape index (κ2) is 5.20. The van der Waals surface area contributed by atoms with E-state index in [1.165, 1.54) is 12.3 Å². The van der Waals surface area contributed by atoms with Crippen LogP contribution in [0.25, 0.3) is 16.6 Å². The smallest absolute Gasteiger partial charge is 0.230 e. The van der Waals surface area contributed by atoms with Gasteiger partial charge in [-0.05, 0) is 30.3 Å². The molecule has 6 nitrogen and oxygen atoms in total. The topological polar surface area (TPSA) is 75.1 Å². The number of anilines is 1. The zero-order valence-corrected chi connectivity index (χ0v) is 12.0. The number of halogens is 1. The lowest BCUT2D eigenvalue weighted by Gasteiger charge is -2.03. The summed E-state index contributed by atoms with van der Waals surface area (Å²) in [4.78, 5) is 16.4. The first kappa shape index (κ1) is 13.4. The van der Waals surface area contributed by atoms with Crippen molar-refractivity contribution >= 4 is 28.1 Å². The minimum atomic E-state index is -0.348. The Hall–Kier alpha value is -3.22. The number of carbonyl (C=O) groups is 1. The van der Waals surface area contributed by atoms with Gasteiger partial charge in [0, 0.05) is 23.5 Å². The lowest BCUT2D eigenvalue weighted by atomic mass is 10.2. The number of amides is 1. The van der Waals surface area contributed by atoms with Crippen LogP contribution < -0.4 is 5.32 Å². The van der Waals surface area contributed by atoms with Crippen molar-refractivity contribution in [1.29, 1.82) is 0 Å². The maximum absolute atomic E-state index is 13.2. The maximum Gasteiger partial charge on any atom is 0.230 e. The zero-order valence-electron chi connectivity index (χ0n) is 12.0. The lowest BCUT2D eigenvalue weighted by Crippen LogP contribution is -2.14. The van der Waals surface area contributed by atoms with E-state index in [0.29, 0.717) is 17.0 Å². The van der Waals surface area contributed by atoms with Crippen LogP contribution in [0.1, 0.15) is 5.69 Å². The van der Waals surface area contributed by atoms with Crippen molar-refractivity contribution < 1.29 is 9.18 Å². The molecule has 0 radical (unpaired) electrons. The lowest BCUT2D eigenvalue weighted by molar-refractivity contribution is -0.115. The van der Waals surface area contributed by atoms with E-state index < -0.39 is 0 Å². The summed E-state index contributed by atoms with van der Waals surface area (Å²) in [5.41, 5.74) is 2.72. The number of aromatic amines is 1. The van der Waals surface area contributed by atoms with Crippen molar-refractivity contribution in [3.63, 3.8) is 0 Å². The number of imidazole rings is 1. The predicted molar refractivity (Wildman–Crippen MR) is 83.6 cm³/mol. The van der Waals surface area contributed by atoms with Crippen molar-refractivity contribution in [3.8, 4) is 0 Å². The number of nitrogens with zero attached hydrogens (tertiary/aromatic N) is 3. The number of rotatable bonds is 3. The summed E-state index contributed by atoms with van der Waals surface area (Å²) in [5.74, 6) is -0.536. The van der Waals surface area contributed by atoms with Crippen LogP contribution in [-0.4, -0.2) is 25.5 Å². The molecule has 7 heteroatoms. The first-order valence-electron chi connectivity index (χ1n) is 7.03. The molecule has 3 aromatic heterocycles. The number of aromatic nitrogens is 4. The first-order valence-corrected chi connectivity index (χ1v) is 7.03. The van der Waals surface area contributed by atoms with Gasteiger partial charge in [0.25, 0.3) is 0 Å². The average Bonchev–Trinajstić information content (AvgIpc) is 3.11. The van der Waals surface area contributed by atoms with Crippen molar-refractivity contribution in [3.05, 3.63) is 60.4 Å². The second-order valence-corrected chi connectivity index (χ2v) is 5.24. The Morgan fingerprint density at radius 2 is 2.17 bits per heavy atom. The van der Waals surface area contributed by atoms with Gasteiger partial charge in [-0.2, -0.15) is 5.10 Å². The van der Waals surface area contributed by atoms with E-state index in [-0.39, 0.29) is 18.1 Å². The maximum atomic E-state index is 13.2. The fraction of sp³-hybridized carbons (Fsp3) is 0.0625. The van der Waals surface area contributed by atoms with Crippen molar-refractivity contribution in [1.82, 2.24) is 19.6 Å². The van der Waals surface area contributed by atoms with Gasteiger partial charge in [0.1, 0.15) is 11.5 Å². The van der Waals surface area contributed by atoms with Crippen LogP contribution in [0.5, 0.6) is 0 Å². The number of pyridine rings is 1. The molecule has 0 aliphatic rings. The number of carbonyl (C=O) groups excluding carboxylic acids is 1. The number of hydrogen-bond donors (Lipinski definition) is 2. The average molecular weight is 309 g/mol. The Kier molecular flexibility index (Phi) is 3.04. The molecular weight excluding hydrogens is 297 g/mol. The van der Waals surface area contributed by atoms with Crippen LogP contribution in [0.4, 0.5) is 10.1 Å². The van der Waals surface area contributed by atoms with Crippen molar-refractivity contribution in [2.45, 2.75) is 6.42 Å². The summed E-state index contributed by atoms with van der Waals surface area (Å²) in [7, 11) is 0. The number of benzene rings is 1. The van der Waals surface area contributed by atoms with Gasteiger partial charge < -0.3 is 9.72 Å². The molecule has 3 heterocycles. The Balaban J connectivity index is 1.51. The minimum absolute atomic E-state index is 0.115. The van der Waals surface area contributed by atoms with E-state index in [1.807, 2.05) is 18.2 Å². The summed E-state index contributed by atoms with van der Waals surface area (Å²) >= 11 is 0. The first-order chi connectivity index (χ1) is 11.2. The molecule has 0 aliphatic carbocycles. The highest BCUT2D eigenvalue weighted by Gasteiger charge is 2.09. The summed E-state index contributed by atoms with van der Waals surface area (Å²) in [6.45, 7) is 0. The largest absolute Gasteiger partial charge is 0.326 e. The van der Waals surface area contributed by atoms with E-state index in [0.717, 1.165) is 10.9 Å². The fourth-order valence-electron chi connectivity index (χ4n) is 2.49. The molecule has 0 unspecified atom stereocenters. The Labute approximate surface area is 130 Å². The van der Waals surface area contributed by atoms with E-state index in [4.69, 9.17) is 0 Å². The molecule has 0 atom stereocenters. The summed E-state index contributed by atoms with van der Waals surface area (Å²) in [6.07, 6.45) is 4.81. The van der Waals surface area contributed by atoms with Gasteiger partial charge in [0.15, 0.2) is 0 Å². The summed E-state index contributed by atoms with van der Waals surface area (Å²) < 4.78 is 14.7.